The Morgan fingerprint density at radius 2 is 2.18 bits per heavy atom. The lowest BCUT2D eigenvalue weighted by atomic mass is 9.86. The Morgan fingerprint density at radius 1 is 1.36 bits per heavy atom. The van der Waals surface area contributed by atoms with E-state index in [0.29, 0.717) is 6.54 Å². The van der Waals surface area contributed by atoms with E-state index in [1.165, 1.54) is 0 Å². The van der Waals surface area contributed by atoms with E-state index in [-0.39, 0.29) is 17.6 Å². The standard InChI is InChI=1S/C18H23NO3/c1-21-16-14-19(12-11-18(16)10-5-13-22-18)17(20)9-8-15-6-3-2-4-7-15/h2-4,6-9,16H,5,10-14H2,1H3/b9-8+/t16-,18-/m0/s1. The second-order valence-electron chi connectivity index (χ2n) is 6.02. The quantitative estimate of drug-likeness (QED) is 0.805. The predicted molar refractivity (Wildman–Crippen MR) is 85.4 cm³/mol. The molecule has 22 heavy (non-hydrogen) atoms. The van der Waals surface area contributed by atoms with Crippen LogP contribution in [0.3, 0.4) is 0 Å². The lowest BCUT2D eigenvalue weighted by Gasteiger charge is -2.44. The highest BCUT2D eigenvalue weighted by Crippen LogP contribution is 2.37. The first-order chi connectivity index (χ1) is 10.7. The molecule has 4 nitrogen and oxygen atoms in total. The Kier molecular flexibility index (Phi) is 4.60. The van der Waals surface area contributed by atoms with Crippen molar-refractivity contribution in [2.24, 2.45) is 0 Å². The Bertz CT molecular complexity index is 535. The number of nitrogens with zero attached hydrogens (tertiary/aromatic N) is 1. The summed E-state index contributed by atoms with van der Waals surface area (Å²) < 4.78 is 11.6. The summed E-state index contributed by atoms with van der Waals surface area (Å²) in [6.07, 6.45) is 6.46. The van der Waals surface area contributed by atoms with Crippen LogP contribution < -0.4 is 0 Å². The van der Waals surface area contributed by atoms with Crippen molar-refractivity contribution >= 4 is 12.0 Å². The Hall–Kier alpha value is -1.65. The van der Waals surface area contributed by atoms with Gasteiger partial charge in [-0.05, 0) is 30.9 Å². The molecule has 1 spiro atoms. The molecular weight excluding hydrogens is 278 g/mol. The van der Waals surface area contributed by atoms with Crippen LogP contribution in [0.4, 0.5) is 0 Å². The van der Waals surface area contributed by atoms with Gasteiger partial charge in [-0.1, -0.05) is 30.3 Å². The van der Waals surface area contributed by atoms with Crippen LogP contribution in [-0.4, -0.2) is 49.3 Å². The molecule has 0 aromatic heterocycles. The molecule has 1 amide bonds. The molecule has 2 aliphatic rings. The molecule has 2 fully saturated rings. The molecule has 0 saturated carbocycles. The number of carbonyl (C=O) groups is 1. The number of methoxy groups -OCH3 is 1. The molecule has 0 bridgehead atoms. The maximum Gasteiger partial charge on any atom is 0.246 e. The van der Waals surface area contributed by atoms with E-state index in [0.717, 1.165) is 38.0 Å². The van der Waals surface area contributed by atoms with Crippen molar-refractivity contribution in [3.63, 3.8) is 0 Å². The van der Waals surface area contributed by atoms with Crippen molar-refractivity contribution < 1.29 is 14.3 Å². The van der Waals surface area contributed by atoms with Crippen molar-refractivity contribution in [3.8, 4) is 0 Å². The van der Waals surface area contributed by atoms with Crippen molar-refractivity contribution in [2.45, 2.75) is 31.0 Å². The van der Waals surface area contributed by atoms with Crippen LogP contribution in [0.1, 0.15) is 24.8 Å². The molecule has 3 rings (SSSR count). The highest BCUT2D eigenvalue weighted by molar-refractivity contribution is 5.91. The molecule has 0 N–H and O–H groups in total. The minimum atomic E-state index is -0.172. The lowest BCUT2D eigenvalue weighted by Crippen LogP contribution is -2.57. The number of hydrogen-bond acceptors (Lipinski definition) is 3. The van der Waals surface area contributed by atoms with E-state index in [9.17, 15) is 4.79 Å². The van der Waals surface area contributed by atoms with Gasteiger partial charge >= 0.3 is 0 Å². The summed E-state index contributed by atoms with van der Waals surface area (Å²) in [5.74, 6) is 0.0405. The maximum absolute atomic E-state index is 12.4. The van der Waals surface area contributed by atoms with E-state index >= 15 is 0 Å². The van der Waals surface area contributed by atoms with Crippen LogP contribution in [0.15, 0.2) is 36.4 Å². The summed E-state index contributed by atoms with van der Waals surface area (Å²) in [5, 5.41) is 0. The fraction of sp³-hybridized carbons (Fsp3) is 0.500. The average Bonchev–Trinajstić information content (AvgIpc) is 3.03. The van der Waals surface area contributed by atoms with Gasteiger partial charge in [-0.25, -0.2) is 0 Å². The van der Waals surface area contributed by atoms with E-state index in [1.54, 1.807) is 13.2 Å². The average molecular weight is 301 g/mol. The number of ether oxygens (including phenoxy) is 2. The number of piperidine rings is 1. The third kappa shape index (κ3) is 3.08. The van der Waals surface area contributed by atoms with Gasteiger partial charge in [0.2, 0.25) is 5.91 Å². The fourth-order valence-electron chi connectivity index (χ4n) is 3.44. The van der Waals surface area contributed by atoms with Gasteiger partial charge in [-0.2, -0.15) is 0 Å². The monoisotopic (exact) mass is 301 g/mol. The lowest BCUT2D eigenvalue weighted by molar-refractivity contribution is -0.155. The molecule has 0 aliphatic carbocycles. The van der Waals surface area contributed by atoms with Crippen LogP contribution in [0, 0.1) is 0 Å². The highest BCUT2D eigenvalue weighted by atomic mass is 16.5. The van der Waals surface area contributed by atoms with Crippen molar-refractivity contribution in [3.05, 3.63) is 42.0 Å². The van der Waals surface area contributed by atoms with Gasteiger partial charge in [0.05, 0.1) is 5.60 Å². The summed E-state index contributed by atoms with van der Waals surface area (Å²) in [6, 6.07) is 9.87. The first-order valence-corrected chi connectivity index (χ1v) is 7.92. The van der Waals surface area contributed by atoms with Crippen molar-refractivity contribution in [2.75, 3.05) is 26.8 Å². The number of hydrogen-bond donors (Lipinski definition) is 0. The summed E-state index contributed by atoms with van der Waals surface area (Å²) in [5.41, 5.74) is 0.862. The molecule has 1 aromatic rings. The zero-order chi connectivity index (χ0) is 15.4. The first kappa shape index (κ1) is 15.3. The minimum Gasteiger partial charge on any atom is -0.377 e. The number of benzene rings is 1. The molecule has 118 valence electrons. The van der Waals surface area contributed by atoms with Crippen LogP contribution in [0.25, 0.3) is 6.08 Å². The van der Waals surface area contributed by atoms with Crippen LogP contribution in [0.2, 0.25) is 0 Å². The molecule has 2 atom stereocenters. The van der Waals surface area contributed by atoms with E-state index in [2.05, 4.69) is 0 Å². The normalized spacial score (nSPS) is 28.6. The highest BCUT2D eigenvalue weighted by Gasteiger charge is 2.47. The molecule has 1 aromatic carbocycles. The van der Waals surface area contributed by atoms with E-state index < -0.39 is 0 Å². The van der Waals surface area contributed by atoms with Gasteiger partial charge < -0.3 is 14.4 Å². The van der Waals surface area contributed by atoms with E-state index in [1.807, 2.05) is 41.3 Å². The number of likely N-dealkylation sites (tertiary alicyclic amines) is 1. The summed E-state index contributed by atoms with van der Waals surface area (Å²) in [7, 11) is 1.71. The zero-order valence-corrected chi connectivity index (χ0v) is 13.0. The first-order valence-electron chi connectivity index (χ1n) is 7.92. The summed E-state index contributed by atoms with van der Waals surface area (Å²) in [4.78, 5) is 14.2. The van der Waals surface area contributed by atoms with Gasteiger partial charge in [0, 0.05) is 32.9 Å². The Morgan fingerprint density at radius 3 is 2.86 bits per heavy atom. The number of amides is 1. The minimum absolute atomic E-state index is 0.0298. The van der Waals surface area contributed by atoms with E-state index in [4.69, 9.17) is 9.47 Å². The fourth-order valence-corrected chi connectivity index (χ4v) is 3.44. The van der Waals surface area contributed by atoms with Gasteiger partial charge in [-0.15, -0.1) is 0 Å². The molecular formula is C18H23NO3. The van der Waals surface area contributed by atoms with Gasteiger partial charge in [0.25, 0.3) is 0 Å². The van der Waals surface area contributed by atoms with Crippen molar-refractivity contribution in [1.82, 2.24) is 4.90 Å². The SMILES string of the molecule is CO[C@H]1CN(C(=O)/C=C/c2ccccc2)CC[C@@]12CCCO2. The summed E-state index contributed by atoms with van der Waals surface area (Å²) in [6.45, 7) is 2.15. The molecule has 2 aliphatic heterocycles. The van der Waals surface area contributed by atoms with Gasteiger partial charge in [0.1, 0.15) is 6.10 Å². The van der Waals surface area contributed by atoms with Gasteiger partial charge in [0.15, 0.2) is 0 Å². The molecule has 2 saturated heterocycles. The Labute approximate surface area is 131 Å². The predicted octanol–water partition coefficient (Wildman–Crippen LogP) is 2.50. The molecule has 0 radical (unpaired) electrons. The zero-order valence-electron chi connectivity index (χ0n) is 13.0. The third-order valence-corrected chi connectivity index (χ3v) is 4.73. The molecule has 2 heterocycles. The third-order valence-electron chi connectivity index (χ3n) is 4.73. The molecule has 4 heteroatoms. The topological polar surface area (TPSA) is 38.8 Å². The Balaban J connectivity index is 1.64. The van der Waals surface area contributed by atoms with Gasteiger partial charge in [-0.3, -0.25) is 4.79 Å². The van der Waals surface area contributed by atoms with Crippen LogP contribution in [-0.2, 0) is 14.3 Å². The maximum atomic E-state index is 12.4. The number of rotatable bonds is 3. The molecule has 0 unspecified atom stereocenters. The largest absolute Gasteiger partial charge is 0.377 e. The van der Waals surface area contributed by atoms with Crippen molar-refractivity contribution in [1.29, 1.82) is 0 Å². The second kappa shape index (κ2) is 6.63. The smallest absolute Gasteiger partial charge is 0.246 e. The summed E-state index contributed by atoms with van der Waals surface area (Å²) >= 11 is 0. The van der Waals surface area contributed by atoms with Crippen LogP contribution >= 0.6 is 0 Å². The van der Waals surface area contributed by atoms with Crippen LogP contribution in [0.5, 0.6) is 0 Å². The number of carbonyl (C=O) groups excluding carboxylic acids is 1. The second-order valence-corrected chi connectivity index (χ2v) is 6.02.